The van der Waals surface area contributed by atoms with Gasteiger partial charge in [0.05, 0.1) is 16.8 Å². The Morgan fingerprint density at radius 2 is 1.63 bits per heavy atom. The summed E-state index contributed by atoms with van der Waals surface area (Å²) >= 11 is 6.00. The van der Waals surface area contributed by atoms with Crippen LogP contribution in [0.15, 0.2) is 77.9 Å². The zero-order chi connectivity index (χ0) is 21.3. The first-order chi connectivity index (χ1) is 14.5. The van der Waals surface area contributed by atoms with E-state index in [0.717, 1.165) is 5.56 Å². The number of carbonyl (C=O) groups excluding carboxylic acids is 2. The molecule has 0 heterocycles. The van der Waals surface area contributed by atoms with Gasteiger partial charge in [-0.15, -0.1) is 0 Å². The molecule has 0 aliphatic carbocycles. The van der Waals surface area contributed by atoms with E-state index in [9.17, 15) is 9.59 Å². The number of rotatable bonds is 7. The molecule has 3 rings (SSSR count). The summed E-state index contributed by atoms with van der Waals surface area (Å²) in [6.45, 7) is 1.83. The van der Waals surface area contributed by atoms with E-state index < -0.39 is 5.97 Å². The SMILES string of the molecule is Cc1ccc(OCC(=O)N/N=C\c2ccc(OC(=O)c3ccccc3Cl)cc2)cc1. The Morgan fingerprint density at radius 1 is 0.967 bits per heavy atom. The Balaban J connectivity index is 1.47. The van der Waals surface area contributed by atoms with Gasteiger partial charge in [0.2, 0.25) is 0 Å². The topological polar surface area (TPSA) is 77.0 Å². The molecular weight excluding hydrogens is 404 g/mol. The third kappa shape index (κ3) is 6.18. The highest BCUT2D eigenvalue weighted by Crippen LogP contribution is 2.19. The Hall–Kier alpha value is -3.64. The Kier molecular flexibility index (Phi) is 7.19. The van der Waals surface area contributed by atoms with E-state index in [4.69, 9.17) is 21.1 Å². The lowest BCUT2D eigenvalue weighted by molar-refractivity contribution is -0.123. The summed E-state index contributed by atoms with van der Waals surface area (Å²) in [5.41, 5.74) is 4.51. The number of aryl methyl sites for hydroxylation is 1. The average molecular weight is 423 g/mol. The number of benzene rings is 3. The van der Waals surface area contributed by atoms with Crippen molar-refractivity contribution >= 4 is 29.7 Å². The van der Waals surface area contributed by atoms with Crippen LogP contribution in [0.2, 0.25) is 5.02 Å². The number of carbonyl (C=O) groups is 2. The van der Waals surface area contributed by atoms with Gasteiger partial charge in [-0.2, -0.15) is 5.10 Å². The molecule has 152 valence electrons. The summed E-state index contributed by atoms with van der Waals surface area (Å²) in [5.74, 6) is 0.0641. The van der Waals surface area contributed by atoms with Crippen molar-refractivity contribution < 1.29 is 19.1 Å². The van der Waals surface area contributed by atoms with E-state index in [-0.39, 0.29) is 12.5 Å². The second-order valence-corrected chi connectivity index (χ2v) is 6.74. The third-order valence-electron chi connectivity index (χ3n) is 3.98. The molecule has 3 aromatic carbocycles. The molecule has 0 aliphatic heterocycles. The molecule has 0 bridgehead atoms. The van der Waals surface area contributed by atoms with Gasteiger partial charge < -0.3 is 9.47 Å². The number of halogens is 1. The normalized spacial score (nSPS) is 10.6. The summed E-state index contributed by atoms with van der Waals surface area (Å²) in [6, 6.07) is 20.7. The smallest absolute Gasteiger partial charge is 0.345 e. The number of hydrazone groups is 1. The summed E-state index contributed by atoms with van der Waals surface area (Å²) in [7, 11) is 0. The predicted octanol–water partition coefficient (Wildman–Crippen LogP) is 4.40. The van der Waals surface area contributed by atoms with Crippen molar-refractivity contribution in [3.05, 3.63) is 94.5 Å². The van der Waals surface area contributed by atoms with Crippen molar-refractivity contribution in [1.82, 2.24) is 5.43 Å². The maximum absolute atomic E-state index is 12.2. The molecule has 6 nitrogen and oxygen atoms in total. The van der Waals surface area contributed by atoms with Gasteiger partial charge in [0.15, 0.2) is 6.61 Å². The van der Waals surface area contributed by atoms with Crippen LogP contribution in [0.4, 0.5) is 0 Å². The molecule has 30 heavy (non-hydrogen) atoms. The first-order valence-electron chi connectivity index (χ1n) is 9.09. The maximum Gasteiger partial charge on any atom is 0.345 e. The lowest BCUT2D eigenvalue weighted by atomic mass is 10.2. The molecule has 0 saturated heterocycles. The van der Waals surface area contributed by atoms with Crippen LogP contribution in [0, 0.1) is 6.92 Å². The highest BCUT2D eigenvalue weighted by Gasteiger charge is 2.11. The van der Waals surface area contributed by atoms with Gasteiger partial charge in [-0.3, -0.25) is 4.79 Å². The minimum Gasteiger partial charge on any atom is -0.484 e. The minimum atomic E-state index is -0.539. The fourth-order valence-corrected chi connectivity index (χ4v) is 2.62. The number of nitrogens with zero attached hydrogens (tertiary/aromatic N) is 1. The first kappa shape index (κ1) is 21.1. The fourth-order valence-electron chi connectivity index (χ4n) is 2.41. The summed E-state index contributed by atoms with van der Waals surface area (Å²) < 4.78 is 10.7. The first-order valence-corrected chi connectivity index (χ1v) is 9.47. The molecule has 1 amide bonds. The highest BCUT2D eigenvalue weighted by atomic mass is 35.5. The van der Waals surface area contributed by atoms with E-state index in [1.807, 2.05) is 19.1 Å². The van der Waals surface area contributed by atoms with Crippen LogP contribution in [-0.2, 0) is 4.79 Å². The van der Waals surface area contributed by atoms with Gasteiger partial charge in [0.25, 0.3) is 5.91 Å². The monoisotopic (exact) mass is 422 g/mol. The molecule has 0 saturated carbocycles. The van der Waals surface area contributed by atoms with Crippen LogP contribution in [-0.4, -0.2) is 24.7 Å². The van der Waals surface area contributed by atoms with Gasteiger partial charge in [0.1, 0.15) is 11.5 Å². The standard InChI is InChI=1S/C23H19ClN2O4/c1-16-6-10-18(11-7-16)29-15-22(27)26-25-14-17-8-12-19(13-9-17)30-23(28)20-4-2-3-5-21(20)24/h2-14H,15H2,1H3,(H,26,27)/b25-14-. The molecule has 3 aromatic rings. The second-order valence-electron chi connectivity index (χ2n) is 6.33. The Labute approximate surface area is 179 Å². The van der Waals surface area contributed by atoms with Crippen molar-refractivity contribution in [3.63, 3.8) is 0 Å². The molecular formula is C23H19ClN2O4. The second kappa shape index (κ2) is 10.2. The lowest BCUT2D eigenvalue weighted by Crippen LogP contribution is -2.24. The summed E-state index contributed by atoms with van der Waals surface area (Å²) in [5, 5.41) is 4.22. The van der Waals surface area contributed by atoms with Crippen molar-refractivity contribution in [1.29, 1.82) is 0 Å². The third-order valence-corrected chi connectivity index (χ3v) is 4.31. The molecule has 0 unspecified atom stereocenters. The maximum atomic E-state index is 12.2. The molecule has 0 fully saturated rings. The number of ether oxygens (including phenoxy) is 2. The number of hydrogen-bond donors (Lipinski definition) is 1. The number of hydrogen-bond acceptors (Lipinski definition) is 5. The largest absolute Gasteiger partial charge is 0.484 e. The molecule has 0 aliphatic rings. The molecule has 0 aromatic heterocycles. The number of esters is 1. The van der Waals surface area contributed by atoms with Gasteiger partial charge in [-0.25, -0.2) is 10.2 Å². The van der Waals surface area contributed by atoms with Crippen LogP contribution < -0.4 is 14.9 Å². The molecule has 0 radical (unpaired) electrons. The van der Waals surface area contributed by atoms with E-state index in [1.54, 1.807) is 60.7 Å². The van der Waals surface area contributed by atoms with E-state index in [0.29, 0.717) is 27.6 Å². The quantitative estimate of drug-likeness (QED) is 0.265. The lowest BCUT2D eigenvalue weighted by Gasteiger charge is -2.06. The van der Waals surface area contributed by atoms with E-state index >= 15 is 0 Å². The zero-order valence-corrected chi connectivity index (χ0v) is 16.9. The fraction of sp³-hybridized carbons (Fsp3) is 0.0870. The van der Waals surface area contributed by atoms with E-state index in [1.165, 1.54) is 6.21 Å². The summed E-state index contributed by atoms with van der Waals surface area (Å²) in [6.07, 6.45) is 1.48. The van der Waals surface area contributed by atoms with Crippen LogP contribution in [0.25, 0.3) is 0 Å². The van der Waals surface area contributed by atoms with Gasteiger partial charge in [-0.1, -0.05) is 41.4 Å². The van der Waals surface area contributed by atoms with Crippen LogP contribution in [0.1, 0.15) is 21.5 Å². The Morgan fingerprint density at radius 3 is 2.33 bits per heavy atom. The Bertz CT molecular complexity index is 1050. The highest BCUT2D eigenvalue weighted by molar-refractivity contribution is 6.33. The van der Waals surface area contributed by atoms with Crippen molar-refractivity contribution in [2.75, 3.05) is 6.61 Å². The molecule has 1 N–H and O–H groups in total. The minimum absolute atomic E-state index is 0.142. The van der Waals surface area contributed by atoms with Crippen molar-refractivity contribution in [3.8, 4) is 11.5 Å². The summed E-state index contributed by atoms with van der Waals surface area (Å²) in [4.78, 5) is 23.9. The van der Waals surface area contributed by atoms with Gasteiger partial charge in [0, 0.05) is 0 Å². The predicted molar refractivity (Wildman–Crippen MR) is 115 cm³/mol. The van der Waals surface area contributed by atoms with E-state index in [2.05, 4.69) is 10.5 Å². The van der Waals surface area contributed by atoms with Crippen molar-refractivity contribution in [2.45, 2.75) is 6.92 Å². The molecule has 0 atom stereocenters. The zero-order valence-electron chi connectivity index (χ0n) is 16.2. The average Bonchev–Trinajstić information content (AvgIpc) is 2.75. The van der Waals surface area contributed by atoms with Crippen LogP contribution >= 0.6 is 11.6 Å². The molecule has 7 heteroatoms. The van der Waals surface area contributed by atoms with Gasteiger partial charge in [-0.05, 0) is 61.0 Å². The van der Waals surface area contributed by atoms with Crippen LogP contribution in [0.3, 0.4) is 0 Å². The van der Waals surface area contributed by atoms with Crippen molar-refractivity contribution in [2.24, 2.45) is 5.10 Å². The number of nitrogens with one attached hydrogen (secondary N) is 1. The van der Waals surface area contributed by atoms with Gasteiger partial charge >= 0.3 is 5.97 Å². The van der Waals surface area contributed by atoms with Crippen LogP contribution in [0.5, 0.6) is 11.5 Å². The molecule has 0 spiro atoms. The number of amides is 1.